The van der Waals surface area contributed by atoms with Gasteiger partial charge in [0.2, 0.25) is 0 Å². The molecule has 0 bridgehead atoms. The SMILES string of the molecule is Cc1cnn(C2(C(=O)O)CCN(S(=O)(=O)c3cccs3)CC2)c1. The van der Waals surface area contributed by atoms with Crippen LogP contribution in [-0.4, -0.2) is 46.7 Å². The van der Waals surface area contributed by atoms with Crippen molar-refractivity contribution in [1.82, 2.24) is 14.1 Å². The van der Waals surface area contributed by atoms with E-state index in [2.05, 4.69) is 5.10 Å². The maximum Gasteiger partial charge on any atom is 0.331 e. The molecule has 124 valence electrons. The van der Waals surface area contributed by atoms with E-state index in [1.807, 2.05) is 6.92 Å². The van der Waals surface area contributed by atoms with Gasteiger partial charge >= 0.3 is 5.97 Å². The average Bonchev–Trinajstić information content (AvgIpc) is 3.18. The molecule has 2 aromatic heterocycles. The van der Waals surface area contributed by atoms with E-state index in [0.717, 1.165) is 5.56 Å². The van der Waals surface area contributed by atoms with Crippen LogP contribution in [0.2, 0.25) is 0 Å². The Bertz CT molecular complexity index is 803. The molecule has 3 heterocycles. The van der Waals surface area contributed by atoms with Gasteiger partial charge in [-0.1, -0.05) is 6.07 Å². The minimum absolute atomic E-state index is 0.158. The number of carboxylic acid groups (broad SMARTS) is 1. The van der Waals surface area contributed by atoms with E-state index in [9.17, 15) is 18.3 Å². The van der Waals surface area contributed by atoms with Gasteiger partial charge in [0.25, 0.3) is 10.0 Å². The predicted octanol–water partition coefficient (Wildman–Crippen LogP) is 1.52. The van der Waals surface area contributed by atoms with Crippen LogP contribution >= 0.6 is 11.3 Å². The summed E-state index contributed by atoms with van der Waals surface area (Å²) in [4.78, 5) is 11.8. The van der Waals surface area contributed by atoms with Gasteiger partial charge in [-0.15, -0.1) is 11.3 Å². The second kappa shape index (κ2) is 5.73. The summed E-state index contributed by atoms with van der Waals surface area (Å²) in [6.45, 7) is 2.16. The monoisotopic (exact) mass is 355 g/mol. The summed E-state index contributed by atoms with van der Waals surface area (Å²) < 4.78 is 28.2. The van der Waals surface area contributed by atoms with Crippen molar-refractivity contribution in [2.24, 2.45) is 0 Å². The lowest BCUT2D eigenvalue weighted by Crippen LogP contribution is -2.52. The van der Waals surface area contributed by atoms with Crippen LogP contribution in [0.5, 0.6) is 0 Å². The molecule has 1 saturated heterocycles. The van der Waals surface area contributed by atoms with Gasteiger partial charge in [-0.2, -0.15) is 9.40 Å². The third kappa shape index (κ3) is 2.68. The molecule has 3 rings (SSSR count). The Balaban J connectivity index is 1.85. The molecular weight excluding hydrogens is 338 g/mol. The third-order valence-corrected chi connectivity index (χ3v) is 7.46. The van der Waals surface area contributed by atoms with Gasteiger partial charge in [0.05, 0.1) is 6.20 Å². The summed E-state index contributed by atoms with van der Waals surface area (Å²) in [5.74, 6) is -0.978. The Hall–Kier alpha value is -1.71. The van der Waals surface area contributed by atoms with Gasteiger partial charge in [-0.3, -0.25) is 4.68 Å². The molecule has 0 spiro atoms. The third-order valence-electron chi connectivity index (χ3n) is 4.19. The van der Waals surface area contributed by atoms with Gasteiger partial charge in [0.1, 0.15) is 4.21 Å². The van der Waals surface area contributed by atoms with Gasteiger partial charge in [-0.25, -0.2) is 13.2 Å². The smallest absolute Gasteiger partial charge is 0.331 e. The second-order valence-electron chi connectivity index (χ2n) is 5.64. The number of hydrogen-bond donors (Lipinski definition) is 1. The number of piperidine rings is 1. The van der Waals surface area contributed by atoms with Crippen molar-refractivity contribution in [1.29, 1.82) is 0 Å². The summed E-state index contributed by atoms with van der Waals surface area (Å²) in [7, 11) is -3.54. The molecule has 7 nitrogen and oxygen atoms in total. The number of carboxylic acids is 1. The van der Waals surface area contributed by atoms with Gasteiger partial charge in [-0.05, 0) is 36.8 Å². The van der Waals surface area contributed by atoms with Gasteiger partial charge in [0, 0.05) is 19.3 Å². The predicted molar refractivity (Wildman–Crippen MR) is 84.9 cm³/mol. The number of aromatic nitrogens is 2. The van der Waals surface area contributed by atoms with Crippen LogP contribution in [0.3, 0.4) is 0 Å². The molecule has 1 aliphatic heterocycles. The van der Waals surface area contributed by atoms with Crippen molar-refractivity contribution in [3.05, 3.63) is 35.5 Å². The highest BCUT2D eigenvalue weighted by Gasteiger charge is 2.46. The number of thiophene rings is 1. The zero-order valence-corrected chi connectivity index (χ0v) is 14.2. The maximum atomic E-state index is 12.5. The maximum absolute atomic E-state index is 12.5. The fourth-order valence-electron chi connectivity index (χ4n) is 2.82. The molecule has 1 N–H and O–H groups in total. The molecule has 0 aromatic carbocycles. The molecule has 0 atom stereocenters. The van der Waals surface area contributed by atoms with Crippen molar-refractivity contribution in [2.45, 2.75) is 29.5 Å². The zero-order valence-electron chi connectivity index (χ0n) is 12.5. The quantitative estimate of drug-likeness (QED) is 0.897. The van der Waals surface area contributed by atoms with E-state index in [4.69, 9.17) is 0 Å². The average molecular weight is 355 g/mol. The highest BCUT2D eigenvalue weighted by Crippen LogP contribution is 2.33. The molecule has 1 aliphatic rings. The van der Waals surface area contributed by atoms with E-state index in [0.29, 0.717) is 0 Å². The normalized spacial score (nSPS) is 18.8. The first-order chi connectivity index (χ1) is 10.9. The van der Waals surface area contributed by atoms with Crippen molar-refractivity contribution in [3.8, 4) is 0 Å². The number of hydrogen-bond acceptors (Lipinski definition) is 5. The highest BCUT2D eigenvalue weighted by molar-refractivity contribution is 7.91. The van der Waals surface area contributed by atoms with E-state index >= 15 is 0 Å². The lowest BCUT2D eigenvalue weighted by atomic mass is 9.88. The van der Waals surface area contributed by atoms with Crippen LogP contribution in [0, 0.1) is 6.92 Å². The summed E-state index contributed by atoms with van der Waals surface area (Å²) in [6, 6.07) is 3.26. The lowest BCUT2D eigenvalue weighted by molar-refractivity contribution is -0.150. The molecule has 23 heavy (non-hydrogen) atoms. The van der Waals surface area contributed by atoms with E-state index in [1.54, 1.807) is 29.9 Å². The number of aliphatic carboxylic acids is 1. The van der Waals surface area contributed by atoms with Crippen LogP contribution in [-0.2, 0) is 20.4 Å². The van der Waals surface area contributed by atoms with Crippen LogP contribution in [0.15, 0.2) is 34.1 Å². The first-order valence-electron chi connectivity index (χ1n) is 7.15. The molecule has 1 fully saturated rings. The summed E-state index contributed by atoms with van der Waals surface area (Å²) in [5.41, 5.74) is -0.310. The minimum atomic E-state index is -3.54. The number of sulfonamides is 1. The molecule has 2 aromatic rings. The zero-order chi connectivity index (χ0) is 16.7. The van der Waals surface area contributed by atoms with Crippen LogP contribution < -0.4 is 0 Å². The van der Waals surface area contributed by atoms with Crippen molar-refractivity contribution < 1.29 is 18.3 Å². The summed E-state index contributed by atoms with van der Waals surface area (Å²) in [6.07, 6.45) is 3.68. The first kappa shape index (κ1) is 16.2. The number of rotatable bonds is 4. The fraction of sp³-hybridized carbons (Fsp3) is 0.429. The Morgan fingerprint density at radius 1 is 1.39 bits per heavy atom. The minimum Gasteiger partial charge on any atom is -0.479 e. The molecule has 0 radical (unpaired) electrons. The molecule has 0 aliphatic carbocycles. The molecular formula is C14H17N3O4S2. The second-order valence-corrected chi connectivity index (χ2v) is 8.75. The topological polar surface area (TPSA) is 92.5 Å². The Kier molecular flexibility index (Phi) is 4.03. The van der Waals surface area contributed by atoms with E-state index in [-0.39, 0.29) is 30.1 Å². The number of aryl methyl sites for hydroxylation is 1. The van der Waals surface area contributed by atoms with E-state index in [1.165, 1.54) is 20.3 Å². The largest absolute Gasteiger partial charge is 0.479 e. The van der Waals surface area contributed by atoms with Crippen molar-refractivity contribution in [2.75, 3.05) is 13.1 Å². The number of nitrogens with zero attached hydrogens (tertiary/aromatic N) is 3. The van der Waals surface area contributed by atoms with Gasteiger partial charge < -0.3 is 5.11 Å². The summed E-state index contributed by atoms with van der Waals surface area (Å²) in [5, 5.41) is 15.6. The van der Waals surface area contributed by atoms with Crippen molar-refractivity contribution in [3.63, 3.8) is 0 Å². The first-order valence-corrected chi connectivity index (χ1v) is 9.47. The number of carbonyl (C=O) groups is 1. The highest BCUT2D eigenvalue weighted by atomic mass is 32.2. The summed E-state index contributed by atoms with van der Waals surface area (Å²) >= 11 is 1.17. The molecule has 9 heteroatoms. The Morgan fingerprint density at radius 2 is 2.09 bits per heavy atom. The Labute approximate surface area is 138 Å². The van der Waals surface area contributed by atoms with Gasteiger partial charge in [0.15, 0.2) is 5.54 Å². The standard InChI is InChI=1S/C14H17N3O4S2/c1-11-9-15-17(10-11)14(13(18)19)4-6-16(7-5-14)23(20,21)12-3-2-8-22-12/h2-3,8-10H,4-7H2,1H3,(H,18,19). The lowest BCUT2D eigenvalue weighted by Gasteiger charge is -2.38. The molecule has 0 saturated carbocycles. The molecule has 0 unspecified atom stereocenters. The fourth-order valence-corrected chi connectivity index (χ4v) is 5.41. The van der Waals surface area contributed by atoms with Crippen molar-refractivity contribution >= 4 is 27.3 Å². The Morgan fingerprint density at radius 3 is 2.57 bits per heavy atom. The van der Waals surface area contributed by atoms with E-state index < -0.39 is 21.5 Å². The van der Waals surface area contributed by atoms with Crippen LogP contribution in [0.1, 0.15) is 18.4 Å². The van der Waals surface area contributed by atoms with Crippen LogP contribution in [0.4, 0.5) is 0 Å². The molecule has 0 amide bonds. The van der Waals surface area contributed by atoms with Crippen LogP contribution in [0.25, 0.3) is 0 Å².